The first-order valence-corrected chi connectivity index (χ1v) is 19.4. The zero-order chi connectivity index (χ0) is 43.2. The molecule has 0 aliphatic carbocycles. The summed E-state index contributed by atoms with van der Waals surface area (Å²) in [5, 5.41) is 0. The monoisotopic (exact) mass is 816 g/mol. The predicted molar refractivity (Wildman–Crippen MR) is 228 cm³/mol. The first-order chi connectivity index (χ1) is 29.9. The number of aryl methyl sites for hydroxylation is 1. The van der Waals surface area contributed by atoms with E-state index in [0.717, 1.165) is 15.4 Å². The van der Waals surface area contributed by atoms with Gasteiger partial charge in [0.05, 0.1) is 27.9 Å². The van der Waals surface area contributed by atoms with Crippen LogP contribution >= 0.6 is 0 Å². The van der Waals surface area contributed by atoms with E-state index in [1.165, 1.54) is 43.4 Å². The smallest absolute Gasteiger partial charge is 0.266 e. The Kier molecular flexibility index (Phi) is 9.76. The normalized spacial score (nSPS) is 12.9. The fourth-order valence-corrected chi connectivity index (χ4v) is 7.31. The van der Waals surface area contributed by atoms with Gasteiger partial charge < -0.3 is 9.47 Å². The lowest BCUT2D eigenvalue weighted by atomic mass is 9.96. The minimum absolute atomic E-state index is 0.0521. The molecule has 2 aliphatic rings. The van der Waals surface area contributed by atoms with E-state index in [1.807, 2.05) is 31.2 Å². The number of amides is 4. The Morgan fingerprint density at radius 1 is 0.387 bits per heavy atom. The van der Waals surface area contributed by atoms with E-state index in [0.29, 0.717) is 45.3 Å². The van der Waals surface area contributed by atoms with Gasteiger partial charge in [0.1, 0.15) is 23.0 Å². The van der Waals surface area contributed by atoms with E-state index >= 15 is 0 Å². The number of benzene rings is 7. The molecule has 2 aliphatic heterocycles. The number of fused-ring (bicyclic) bond motifs is 2. The van der Waals surface area contributed by atoms with Crippen molar-refractivity contribution in [3.05, 3.63) is 219 Å². The van der Waals surface area contributed by atoms with Crippen LogP contribution in [0.15, 0.2) is 158 Å². The van der Waals surface area contributed by atoms with E-state index in [-0.39, 0.29) is 50.6 Å². The van der Waals surface area contributed by atoms with Crippen molar-refractivity contribution in [2.24, 2.45) is 0 Å². The molecular weight excluding hydrogens is 785 g/mol. The number of imide groups is 2. The van der Waals surface area contributed by atoms with Gasteiger partial charge in [-0.05, 0) is 122 Å². The van der Waals surface area contributed by atoms with Gasteiger partial charge >= 0.3 is 0 Å². The quantitative estimate of drug-likeness (QED) is 0.0922. The SMILES string of the molecule is Cc1ccc(Oc2ccc(C(=O)c3cccc(C(=O)c4ccc(Oc5ccc(N6C(=O)c7ccc(C(=O)c8ccc9c(c8)C(=O)N(C)C9=O)cc7C6=O)cc5)cc4)c3)cc2)cc1. The molecule has 0 spiro atoms. The van der Waals surface area contributed by atoms with Crippen LogP contribution in [0.3, 0.4) is 0 Å². The second-order valence-corrected chi connectivity index (χ2v) is 14.8. The van der Waals surface area contributed by atoms with Gasteiger partial charge in [0.25, 0.3) is 23.6 Å². The summed E-state index contributed by atoms with van der Waals surface area (Å²) in [5.41, 5.74) is 3.77. The van der Waals surface area contributed by atoms with Crippen molar-refractivity contribution in [1.29, 1.82) is 0 Å². The van der Waals surface area contributed by atoms with Gasteiger partial charge in [-0.3, -0.25) is 38.5 Å². The highest BCUT2D eigenvalue weighted by molar-refractivity contribution is 6.35. The third-order valence-electron chi connectivity index (χ3n) is 10.7. The lowest BCUT2D eigenvalue weighted by Crippen LogP contribution is -2.29. The lowest BCUT2D eigenvalue weighted by Gasteiger charge is -2.14. The number of ether oxygens (including phenoxy) is 2. The molecule has 11 heteroatoms. The maximum atomic E-state index is 13.6. The topological polar surface area (TPSA) is 144 Å². The third kappa shape index (κ3) is 7.13. The molecule has 7 aromatic rings. The summed E-state index contributed by atoms with van der Waals surface area (Å²) in [7, 11) is 1.37. The second-order valence-electron chi connectivity index (χ2n) is 14.8. The summed E-state index contributed by atoms with van der Waals surface area (Å²) >= 11 is 0. The number of nitrogens with zero attached hydrogens (tertiary/aromatic N) is 2. The molecule has 0 aromatic heterocycles. The molecule has 0 atom stereocenters. The molecule has 2 heterocycles. The molecule has 0 bridgehead atoms. The first-order valence-electron chi connectivity index (χ1n) is 19.4. The summed E-state index contributed by atoms with van der Waals surface area (Å²) in [6.07, 6.45) is 0. The average molecular weight is 817 g/mol. The van der Waals surface area contributed by atoms with Crippen LogP contribution in [0, 0.1) is 6.92 Å². The molecule has 0 N–H and O–H groups in total. The fourth-order valence-electron chi connectivity index (χ4n) is 7.31. The Labute approximate surface area is 354 Å². The molecule has 0 saturated heterocycles. The van der Waals surface area contributed by atoms with E-state index in [1.54, 1.807) is 97.1 Å². The van der Waals surface area contributed by atoms with Gasteiger partial charge in [0.2, 0.25) is 0 Å². The van der Waals surface area contributed by atoms with E-state index in [9.17, 15) is 33.6 Å². The highest BCUT2D eigenvalue weighted by Crippen LogP contribution is 2.33. The minimum Gasteiger partial charge on any atom is -0.457 e. The van der Waals surface area contributed by atoms with Gasteiger partial charge in [0.15, 0.2) is 17.3 Å². The van der Waals surface area contributed by atoms with Crippen LogP contribution in [-0.2, 0) is 0 Å². The van der Waals surface area contributed by atoms with Crippen molar-refractivity contribution < 1.29 is 43.0 Å². The molecule has 7 aromatic carbocycles. The van der Waals surface area contributed by atoms with Crippen molar-refractivity contribution in [2.45, 2.75) is 6.92 Å². The summed E-state index contributed by atoms with van der Waals surface area (Å²) in [5.74, 6) is -1.01. The number of anilines is 1. The van der Waals surface area contributed by atoms with Crippen LogP contribution in [0.5, 0.6) is 23.0 Å². The molecule has 62 heavy (non-hydrogen) atoms. The van der Waals surface area contributed by atoms with Crippen molar-refractivity contribution >= 4 is 46.7 Å². The zero-order valence-corrected chi connectivity index (χ0v) is 33.1. The lowest BCUT2D eigenvalue weighted by molar-refractivity contribution is 0.0691. The summed E-state index contributed by atoms with van der Waals surface area (Å²) in [4.78, 5) is 94.0. The van der Waals surface area contributed by atoms with Gasteiger partial charge in [-0.1, -0.05) is 48.0 Å². The number of carbonyl (C=O) groups excluding carboxylic acids is 7. The number of hydrogen-bond acceptors (Lipinski definition) is 9. The van der Waals surface area contributed by atoms with Crippen LogP contribution in [0.25, 0.3) is 0 Å². The van der Waals surface area contributed by atoms with Gasteiger partial charge in [-0.2, -0.15) is 0 Å². The van der Waals surface area contributed by atoms with Crippen LogP contribution in [0.2, 0.25) is 0 Å². The van der Waals surface area contributed by atoms with Crippen LogP contribution in [-0.4, -0.2) is 52.9 Å². The van der Waals surface area contributed by atoms with Gasteiger partial charge in [-0.15, -0.1) is 0 Å². The first kappa shape index (κ1) is 38.9. The van der Waals surface area contributed by atoms with Gasteiger partial charge in [0, 0.05) is 40.4 Å². The Morgan fingerprint density at radius 2 is 0.742 bits per heavy atom. The Hall–Kier alpha value is -8.57. The number of hydrogen-bond donors (Lipinski definition) is 0. The Bertz CT molecular complexity index is 3040. The maximum Gasteiger partial charge on any atom is 0.266 e. The molecule has 0 fully saturated rings. The highest BCUT2D eigenvalue weighted by atomic mass is 16.5. The Morgan fingerprint density at radius 3 is 1.24 bits per heavy atom. The minimum atomic E-state index is -0.613. The molecule has 11 nitrogen and oxygen atoms in total. The maximum absolute atomic E-state index is 13.6. The fraction of sp³-hybridized carbons (Fsp3) is 0.0392. The van der Waals surface area contributed by atoms with E-state index in [4.69, 9.17) is 9.47 Å². The summed E-state index contributed by atoms with van der Waals surface area (Å²) in [6.45, 7) is 2.00. The van der Waals surface area contributed by atoms with Crippen molar-refractivity contribution in [2.75, 3.05) is 11.9 Å². The standard InChI is InChI=1S/C51H32N2O9/c1-29-6-16-37(17-7-29)61-38-18-8-30(9-19-38)45(54)32-4-3-5-33(26-32)46(55)31-10-20-39(21-11-31)62-40-22-14-36(15-23-40)53-50(59)42-25-13-35(28-44(42)51(53)60)47(56)34-12-24-41-43(27-34)49(58)52(2)48(41)57/h3-28H,1-2H3. The Balaban J connectivity index is 0.834. The van der Waals surface area contributed by atoms with Crippen molar-refractivity contribution in [1.82, 2.24) is 4.90 Å². The van der Waals surface area contributed by atoms with E-state index in [2.05, 4.69) is 0 Å². The van der Waals surface area contributed by atoms with Gasteiger partial charge in [-0.25, -0.2) is 4.90 Å². The average Bonchev–Trinajstić information content (AvgIpc) is 3.68. The molecule has 4 amide bonds. The molecule has 9 rings (SSSR count). The number of rotatable bonds is 11. The van der Waals surface area contributed by atoms with Crippen LogP contribution in [0.4, 0.5) is 5.69 Å². The largest absolute Gasteiger partial charge is 0.457 e. The molecule has 0 radical (unpaired) electrons. The van der Waals surface area contributed by atoms with Crippen LogP contribution < -0.4 is 14.4 Å². The second kappa shape index (κ2) is 15.6. The molecule has 0 saturated carbocycles. The summed E-state index contributed by atoms with van der Waals surface area (Å²) in [6, 6.07) is 42.3. The van der Waals surface area contributed by atoms with Crippen LogP contribution in [0.1, 0.15) is 94.8 Å². The highest BCUT2D eigenvalue weighted by Gasteiger charge is 2.38. The molecule has 300 valence electrons. The zero-order valence-electron chi connectivity index (χ0n) is 33.1. The molecular formula is C51H32N2O9. The number of carbonyl (C=O) groups is 7. The summed E-state index contributed by atoms with van der Waals surface area (Å²) < 4.78 is 11.9. The number of ketones is 3. The van der Waals surface area contributed by atoms with Crippen molar-refractivity contribution in [3.8, 4) is 23.0 Å². The predicted octanol–water partition coefficient (Wildman–Crippen LogP) is 9.30. The molecule has 0 unspecified atom stereocenters. The van der Waals surface area contributed by atoms with Crippen molar-refractivity contribution in [3.63, 3.8) is 0 Å². The third-order valence-corrected chi connectivity index (χ3v) is 10.7. The van der Waals surface area contributed by atoms with E-state index < -0.39 is 29.4 Å².